The highest BCUT2D eigenvalue weighted by Crippen LogP contribution is 2.05. The summed E-state index contributed by atoms with van der Waals surface area (Å²) < 4.78 is 0. The van der Waals surface area contributed by atoms with Crippen molar-refractivity contribution in [2.75, 3.05) is 13.1 Å². The molecular weight excluding hydrogens is 536 g/mol. The number of amides is 4. The van der Waals surface area contributed by atoms with Gasteiger partial charge in [-0.3, -0.25) is 33.8 Å². The van der Waals surface area contributed by atoms with Crippen LogP contribution in [0.25, 0.3) is 0 Å². The van der Waals surface area contributed by atoms with Crippen LogP contribution in [-0.2, 0) is 33.6 Å². The van der Waals surface area contributed by atoms with Crippen LogP contribution in [0.4, 0.5) is 0 Å². The van der Waals surface area contributed by atoms with Gasteiger partial charge < -0.3 is 53.8 Å². The number of carboxylic acid groups (broad SMARTS) is 3. The number of hydrogen-bond acceptors (Lipinski definition) is 9. The summed E-state index contributed by atoms with van der Waals surface area (Å²) >= 11 is 0. The zero-order valence-electron chi connectivity index (χ0n) is 22.2. The maximum absolute atomic E-state index is 12.6. The zero-order chi connectivity index (χ0) is 31.0. The summed E-state index contributed by atoms with van der Waals surface area (Å²) in [6.45, 7) is 2.56. The molecule has 0 radical (unpaired) electrons. The summed E-state index contributed by atoms with van der Waals surface area (Å²) in [5.74, 6) is -8.32. The van der Waals surface area contributed by atoms with Crippen LogP contribution in [0.1, 0.15) is 46.0 Å². The maximum atomic E-state index is 12.6. The molecule has 226 valence electrons. The van der Waals surface area contributed by atoms with Gasteiger partial charge in [-0.2, -0.15) is 0 Å². The molecule has 40 heavy (non-hydrogen) atoms. The van der Waals surface area contributed by atoms with Gasteiger partial charge >= 0.3 is 17.9 Å². The topological polar surface area (TPSA) is 319 Å². The molecule has 0 unspecified atom stereocenters. The molecule has 0 fully saturated rings. The van der Waals surface area contributed by atoms with Crippen molar-refractivity contribution < 1.29 is 48.9 Å². The summed E-state index contributed by atoms with van der Waals surface area (Å²) in [7, 11) is 0. The van der Waals surface area contributed by atoms with E-state index in [-0.39, 0.29) is 38.2 Å². The van der Waals surface area contributed by atoms with Crippen molar-refractivity contribution in [2.45, 2.75) is 70.1 Å². The molecule has 0 bridgehead atoms. The number of carboxylic acids is 3. The molecule has 0 aliphatic rings. The monoisotopic (exact) mass is 574 g/mol. The predicted octanol–water partition coefficient (Wildman–Crippen LogP) is -3.98. The van der Waals surface area contributed by atoms with Crippen LogP contribution in [0.15, 0.2) is 4.99 Å². The number of aliphatic carboxylic acids is 3. The van der Waals surface area contributed by atoms with E-state index in [1.165, 1.54) is 0 Å². The highest BCUT2D eigenvalue weighted by atomic mass is 16.4. The van der Waals surface area contributed by atoms with Gasteiger partial charge in [0, 0.05) is 13.0 Å². The van der Waals surface area contributed by atoms with Crippen molar-refractivity contribution in [1.29, 1.82) is 0 Å². The highest BCUT2D eigenvalue weighted by Gasteiger charge is 2.30. The summed E-state index contributed by atoms with van der Waals surface area (Å²) in [6, 6.07) is -5.43. The van der Waals surface area contributed by atoms with Gasteiger partial charge in [-0.05, 0) is 25.2 Å². The van der Waals surface area contributed by atoms with Gasteiger partial charge in [-0.1, -0.05) is 13.8 Å². The predicted molar refractivity (Wildman–Crippen MR) is 138 cm³/mol. The summed E-state index contributed by atoms with van der Waals surface area (Å²) in [6.07, 6.45) is -1.32. The van der Waals surface area contributed by atoms with Crippen LogP contribution < -0.4 is 38.5 Å². The lowest BCUT2D eigenvalue weighted by atomic mass is 10.0. The third-order valence-corrected chi connectivity index (χ3v) is 5.27. The Morgan fingerprint density at radius 3 is 1.93 bits per heavy atom. The molecule has 0 spiro atoms. The number of carbonyl (C=O) groups is 7. The lowest BCUT2D eigenvalue weighted by Gasteiger charge is -2.24. The number of rotatable bonds is 19. The van der Waals surface area contributed by atoms with Crippen LogP contribution in [0.2, 0.25) is 0 Å². The summed E-state index contributed by atoms with van der Waals surface area (Å²) in [4.78, 5) is 86.9. The maximum Gasteiger partial charge on any atom is 0.326 e. The molecule has 0 aromatic carbocycles. The number of hydrogen-bond donors (Lipinski definition) is 10. The van der Waals surface area contributed by atoms with Crippen molar-refractivity contribution in [3.8, 4) is 0 Å². The molecule has 0 saturated carbocycles. The molecule has 0 saturated heterocycles. The van der Waals surface area contributed by atoms with E-state index in [0.29, 0.717) is 0 Å². The minimum absolute atomic E-state index is 0.0864. The largest absolute Gasteiger partial charge is 0.481 e. The molecule has 13 N–H and O–H groups in total. The Labute approximate surface area is 229 Å². The van der Waals surface area contributed by atoms with Crippen LogP contribution >= 0.6 is 0 Å². The van der Waals surface area contributed by atoms with Crippen LogP contribution in [0, 0.1) is 5.92 Å². The first-order valence-corrected chi connectivity index (χ1v) is 12.2. The lowest BCUT2D eigenvalue weighted by Crippen LogP contribution is -2.56. The normalized spacial score (nSPS) is 13.6. The number of aliphatic imine (C=N–C) groups is 1. The Balaban J connectivity index is 5.16. The fourth-order valence-corrected chi connectivity index (χ4v) is 3.15. The fraction of sp³-hybridized carbons (Fsp3) is 0.636. The minimum Gasteiger partial charge on any atom is -0.481 e. The average Bonchev–Trinajstić information content (AvgIpc) is 2.84. The highest BCUT2D eigenvalue weighted by molar-refractivity contribution is 5.95. The van der Waals surface area contributed by atoms with Crippen molar-refractivity contribution in [3.63, 3.8) is 0 Å². The number of nitrogens with zero attached hydrogens (tertiary/aromatic N) is 1. The SMILES string of the molecule is CC(C)[C@H](NC(=O)[C@@H](N)CCC(=O)O)C(=O)NCC(=O)N[C@@H](CC(=O)O)C(=O)N[C@@H](CCCN=C(N)N)C(=O)O. The standard InChI is InChI=1S/C22H38N8O10/c1-10(2)17(30-18(36)11(23)5-6-15(32)33)20(38)27-9-14(31)28-13(8-16(34)35)19(37)29-12(21(39)40)4-3-7-26-22(24)25/h10-13,17H,3-9,23H2,1-2H3,(H,27,38)(H,28,31)(H,29,37)(H,30,36)(H,32,33)(H,34,35)(H,39,40)(H4,24,25,26)/t11-,12-,13-,17-/m0/s1. The van der Waals surface area contributed by atoms with Crippen molar-refractivity contribution >= 4 is 47.5 Å². The van der Waals surface area contributed by atoms with Gasteiger partial charge in [-0.15, -0.1) is 0 Å². The molecule has 4 atom stereocenters. The van der Waals surface area contributed by atoms with Crippen LogP contribution in [-0.4, -0.2) is 100 Å². The lowest BCUT2D eigenvalue weighted by molar-refractivity contribution is -0.143. The van der Waals surface area contributed by atoms with Gasteiger partial charge in [0.05, 0.1) is 19.0 Å². The van der Waals surface area contributed by atoms with E-state index >= 15 is 0 Å². The summed E-state index contributed by atoms with van der Waals surface area (Å²) in [5, 5.41) is 36.1. The molecule has 18 heteroatoms. The van der Waals surface area contributed by atoms with Gasteiger partial charge in [0.15, 0.2) is 5.96 Å². The van der Waals surface area contributed by atoms with E-state index in [1.807, 2.05) is 0 Å². The number of carbonyl (C=O) groups excluding carboxylic acids is 4. The molecule has 0 aliphatic heterocycles. The molecule has 4 amide bonds. The Kier molecular flexibility index (Phi) is 15.9. The molecule has 0 aliphatic carbocycles. The second-order valence-corrected chi connectivity index (χ2v) is 9.05. The molecule has 0 aromatic heterocycles. The number of guanidine groups is 1. The van der Waals surface area contributed by atoms with Crippen molar-refractivity contribution in [2.24, 2.45) is 28.1 Å². The first-order chi connectivity index (χ1) is 18.5. The first-order valence-electron chi connectivity index (χ1n) is 12.2. The molecule has 0 heterocycles. The van der Waals surface area contributed by atoms with Crippen molar-refractivity contribution in [1.82, 2.24) is 21.3 Å². The van der Waals surface area contributed by atoms with E-state index < -0.39 is 84.6 Å². The third-order valence-electron chi connectivity index (χ3n) is 5.27. The Hall–Kier alpha value is -4.48. The second-order valence-electron chi connectivity index (χ2n) is 9.05. The number of nitrogens with two attached hydrogens (primary N) is 3. The van der Waals surface area contributed by atoms with Crippen molar-refractivity contribution in [3.05, 3.63) is 0 Å². The van der Waals surface area contributed by atoms with Gasteiger partial charge in [0.1, 0.15) is 18.1 Å². The van der Waals surface area contributed by atoms with Gasteiger partial charge in [-0.25, -0.2) is 4.79 Å². The minimum atomic E-state index is -1.67. The summed E-state index contributed by atoms with van der Waals surface area (Å²) in [5.41, 5.74) is 16.0. The van der Waals surface area contributed by atoms with E-state index in [4.69, 9.17) is 27.4 Å². The van der Waals surface area contributed by atoms with E-state index in [9.17, 15) is 38.7 Å². The second kappa shape index (κ2) is 17.9. The third kappa shape index (κ3) is 15.1. The smallest absolute Gasteiger partial charge is 0.326 e. The molecule has 0 aromatic rings. The van der Waals surface area contributed by atoms with Gasteiger partial charge in [0.25, 0.3) is 0 Å². The average molecular weight is 575 g/mol. The Morgan fingerprint density at radius 2 is 1.43 bits per heavy atom. The number of nitrogens with one attached hydrogen (secondary N) is 4. The quantitative estimate of drug-likeness (QED) is 0.0400. The van der Waals surface area contributed by atoms with Crippen LogP contribution in [0.5, 0.6) is 0 Å². The fourth-order valence-electron chi connectivity index (χ4n) is 3.15. The Morgan fingerprint density at radius 1 is 0.800 bits per heavy atom. The van der Waals surface area contributed by atoms with E-state index in [1.54, 1.807) is 13.8 Å². The first kappa shape index (κ1) is 35.5. The zero-order valence-corrected chi connectivity index (χ0v) is 22.2. The molecule has 18 nitrogen and oxygen atoms in total. The van der Waals surface area contributed by atoms with Crippen LogP contribution in [0.3, 0.4) is 0 Å². The van der Waals surface area contributed by atoms with E-state index in [2.05, 4.69) is 26.3 Å². The van der Waals surface area contributed by atoms with E-state index in [0.717, 1.165) is 0 Å². The molecule has 0 rings (SSSR count). The van der Waals surface area contributed by atoms with Gasteiger partial charge in [0.2, 0.25) is 23.6 Å². The Bertz CT molecular complexity index is 967. The molecular formula is C22H38N8O10.